The van der Waals surface area contributed by atoms with Crippen LogP contribution in [-0.4, -0.2) is 34.1 Å². The van der Waals surface area contributed by atoms with Gasteiger partial charge < -0.3 is 14.2 Å². The van der Waals surface area contributed by atoms with Crippen molar-refractivity contribution in [1.82, 2.24) is 15.0 Å². The van der Waals surface area contributed by atoms with E-state index in [1.807, 2.05) is 0 Å². The van der Waals surface area contributed by atoms with Crippen LogP contribution >= 0.6 is 23.2 Å². The largest absolute Gasteiger partial charge is 0.479 e. The SMILES string of the molecule is CC(Oc1ccccc1Cl)C(=O)N(C)Cc1nc(-c2ccc(Cl)cc2)no1. The van der Waals surface area contributed by atoms with Gasteiger partial charge in [0.15, 0.2) is 6.10 Å². The molecule has 1 unspecified atom stereocenters. The Hall–Kier alpha value is -2.57. The van der Waals surface area contributed by atoms with Crippen LogP contribution in [0.4, 0.5) is 0 Å². The van der Waals surface area contributed by atoms with Crippen molar-refractivity contribution in [2.24, 2.45) is 0 Å². The van der Waals surface area contributed by atoms with E-state index in [4.69, 9.17) is 32.5 Å². The molecule has 8 heteroatoms. The minimum atomic E-state index is -0.714. The third kappa shape index (κ3) is 4.78. The van der Waals surface area contributed by atoms with Crippen LogP contribution in [0, 0.1) is 0 Å². The van der Waals surface area contributed by atoms with Crippen molar-refractivity contribution >= 4 is 29.1 Å². The molecule has 0 spiro atoms. The first-order chi connectivity index (χ1) is 12.9. The number of rotatable bonds is 6. The van der Waals surface area contributed by atoms with Crippen molar-refractivity contribution < 1.29 is 14.1 Å². The van der Waals surface area contributed by atoms with Crippen LogP contribution in [0.3, 0.4) is 0 Å². The first kappa shape index (κ1) is 19.2. The molecule has 0 aliphatic carbocycles. The summed E-state index contributed by atoms with van der Waals surface area (Å²) in [4.78, 5) is 18.3. The summed E-state index contributed by atoms with van der Waals surface area (Å²) in [5, 5.41) is 5.01. The van der Waals surface area contributed by atoms with Gasteiger partial charge in [0, 0.05) is 17.6 Å². The van der Waals surface area contributed by atoms with E-state index in [9.17, 15) is 4.79 Å². The van der Waals surface area contributed by atoms with E-state index in [0.717, 1.165) is 5.56 Å². The standard InChI is InChI=1S/C19H17Cl2N3O3/c1-12(26-16-6-4-3-5-15(16)21)19(25)24(2)11-17-22-18(23-27-17)13-7-9-14(20)10-8-13/h3-10,12H,11H2,1-2H3. The average molecular weight is 406 g/mol. The Morgan fingerprint density at radius 2 is 1.89 bits per heavy atom. The summed E-state index contributed by atoms with van der Waals surface area (Å²) in [6.45, 7) is 1.82. The predicted octanol–water partition coefficient (Wildman–Crippen LogP) is 4.47. The summed E-state index contributed by atoms with van der Waals surface area (Å²) in [5.74, 6) is 0.973. The van der Waals surface area contributed by atoms with E-state index < -0.39 is 6.10 Å². The first-order valence-corrected chi connectivity index (χ1v) is 8.94. The Morgan fingerprint density at radius 1 is 1.19 bits per heavy atom. The molecule has 0 fully saturated rings. The lowest BCUT2D eigenvalue weighted by Gasteiger charge is -2.21. The van der Waals surface area contributed by atoms with E-state index in [2.05, 4.69) is 10.1 Å². The smallest absolute Gasteiger partial charge is 0.263 e. The second-order valence-corrected chi connectivity index (χ2v) is 6.75. The van der Waals surface area contributed by atoms with E-state index in [0.29, 0.717) is 27.5 Å². The van der Waals surface area contributed by atoms with E-state index in [1.165, 1.54) is 4.90 Å². The highest BCUT2D eigenvalue weighted by Crippen LogP contribution is 2.24. The molecule has 1 amide bonds. The number of likely N-dealkylation sites (N-methyl/N-ethyl adjacent to an activating group) is 1. The van der Waals surface area contributed by atoms with Crippen LogP contribution in [0.2, 0.25) is 10.0 Å². The summed E-state index contributed by atoms with van der Waals surface area (Å²) in [6.07, 6.45) is -0.714. The number of carbonyl (C=O) groups is 1. The van der Waals surface area contributed by atoms with Crippen LogP contribution in [0.15, 0.2) is 53.1 Å². The van der Waals surface area contributed by atoms with Gasteiger partial charge in [-0.1, -0.05) is 40.5 Å². The Bertz CT molecular complexity index is 928. The second kappa shape index (κ2) is 8.41. The van der Waals surface area contributed by atoms with E-state index in [1.54, 1.807) is 62.5 Å². The molecule has 2 aromatic carbocycles. The number of aromatic nitrogens is 2. The van der Waals surface area contributed by atoms with Crippen molar-refractivity contribution in [3.63, 3.8) is 0 Å². The van der Waals surface area contributed by atoms with Crippen molar-refractivity contribution in [1.29, 1.82) is 0 Å². The van der Waals surface area contributed by atoms with Gasteiger partial charge in [0.2, 0.25) is 11.7 Å². The molecular formula is C19H17Cl2N3O3. The molecule has 0 bridgehead atoms. The van der Waals surface area contributed by atoms with Crippen LogP contribution in [0.5, 0.6) is 5.75 Å². The maximum Gasteiger partial charge on any atom is 0.263 e. The van der Waals surface area contributed by atoms with Gasteiger partial charge >= 0.3 is 0 Å². The third-order valence-electron chi connectivity index (χ3n) is 3.81. The fraction of sp³-hybridized carbons (Fsp3) is 0.211. The molecule has 3 rings (SSSR count). The minimum absolute atomic E-state index is 0.162. The lowest BCUT2D eigenvalue weighted by Crippen LogP contribution is -2.37. The Morgan fingerprint density at radius 3 is 2.59 bits per heavy atom. The number of carbonyl (C=O) groups excluding carboxylic acids is 1. The Labute approximate surface area is 166 Å². The summed E-state index contributed by atoms with van der Waals surface area (Å²) < 4.78 is 10.9. The van der Waals surface area contributed by atoms with E-state index >= 15 is 0 Å². The van der Waals surface area contributed by atoms with Gasteiger partial charge in [-0.05, 0) is 43.3 Å². The van der Waals surface area contributed by atoms with Crippen LogP contribution in [0.25, 0.3) is 11.4 Å². The number of halogens is 2. The highest BCUT2D eigenvalue weighted by Gasteiger charge is 2.22. The first-order valence-electron chi connectivity index (χ1n) is 8.18. The molecule has 0 saturated heterocycles. The normalized spacial score (nSPS) is 11.9. The highest BCUT2D eigenvalue weighted by atomic mass is 35.5. The minimum Gasteiger partial charge on any atom is -0.479 e. The van der Waals surface area contributed by atoms with Crippen LogP contribution in [-0.2, 0) is 11.3 Å². The zero-order chi connectivity index (χ0) is 19.4. The molecule has 27 heavy (non-hydrogen) atoms. The summed E-state index contributed by atoms with van der Waals surface area (Å²) in [7, 11) is 1.64. The van der Waals surface area contributed by atoms with Gasteiger partial charge in [0.05, 0.1) is 11.6 Å². The van der Waals surface area contributed by atoms with Gasteiger partial charge in [-0.15, -0.1) is 0 Å². The zero-order valence-corrected chi connectivity index (χ0v) is 16.2. The maximum atomic E-state index is 12.5. The predicted molar refractivity (Wildman–Crippen MR) is 103 cm³/mol. The van der Waals surface area contributed by atoms with Gasteiger partial charge in [-0.2, -0.15) is 4.98 Å². The van der Waals surface area contributed by atoms with Gasteiger partial charge in [-0.3, -0.25) is 4.79 Å². The maximum absolute atomic E-state index is 12.5. The molecule has 1 heterocycles. The fourth-order valence-electron chi connectivity index (χ4n) is 2.41. The summed E-state index contributed by atoms with van der Waals surface area (Å²) in [6, 6.07) is 14.1. The summed E-state index contributed by atoms with van der Waals surface area (Å²) >= 11 is 11.9. The Kier molecular flexibility index (Phi) is 5.98. The van der Waals surface area contributed by atoms with Crippen LogP contribution in [0.1, 0.15) is 12.8 Å². The average Bonchev–Trinajstić information content (AvgIpc) is 3.12. The number of nitrogens with zero attached hydrogens (tertiary/aromatic N) is 3. The lowest BCUT2D eigenvalue weighted by atomic mass is 10.2. The molecule has 0 saturated carbocycles. The molecule has 0 aliphatic rings. The number of hydrogen-bond acceptors (Lipinski definition) is 5. The number of para-hydroxylation sites is 1. The number of hydrogen-bond donors (Lipinski definition) is 0. The molecular weight excluding hydrogens is 389 g/mol. The lowest BCUT2D eigenvalue weighted by molar-refractivity contribution is -0.137. The van der Waals surface area contributed by atoms with Crippen molar-refractivity contribution in [2.45, 2.75) is 19.6 Å². The Balaban J connectivity index is 1.63. The monoisotopic (exact) mass is 405 g/mol. The molecule has 1 aromatic heterocycles. The topological polar surface area (TPSA) is 68.5 Å². The quantitative estimate of drug-likeness (QED) is 0.604. The molecule has 0 aliphatic heterocycles. The van der Waals surface area contributed by atoms with Gasteiger partial charge in [0.25, 0.3) is 5.91 Å². The molecule has 0 radical (unpaired) electrons. The summed E-state index contributed by atoms with van der Waals surface area (Å²) in [5.41, 5.74) is 0.777. The third-order valence-corrected chi connectivity index (χ3v) is 4.37. The number of amides is 1. The van der Waals surface area contributed by atoms with Gasteiger partial charge in [-0.25, -0.2) is 0 Å². The second-order valence-electron chi connectivity index (χ2n) is 5.90. The fourth-order valence-corrected chi connectivity index (χ4v) is 2.71. The highest BCUT2D eigenvalue weighted by molar-refractivity contribution is 6.32. The van der Waals surface area contributed by atoms with Crippen molar-refractivity contribution in [3.8, 4) is 17.1 Å². The molecule has 140 valence electrons. The van der Waals surface area contributed by atoms with Crippen molar-refractivity contribution in [3.05, 3.63) is 64.5 Å². The molecule has 1 atom stereocenters. The van der Waals surface area contributed by atoms with Gasteiger partial charge in [0.1, 0.15) is 5.75 Å². The van der Waals surface area contributed by atoms with Crippen LogP contribution < -0.4 is 4.74 Å². The molecule has 6 nitrogen and oxygen atoms in total. The molecule has 0 N–H and O–H groups in total. The van der Waals surface area contributed by atoms with Crippen molar-refractivity contribution in [2.75, 3.05) is 7.05 Å². The number of ether oxygens (including phenoxy) is 1. The van der Waals surface area contributed by atoms with E-state index in [-0.39, 0.29) is 12.5 Å². The number of benzene rings is 2. The molecule has 3 aromatic rings. The zero-order valence-electron chi connectivity index (χ0n) is 14.7.